The molecule has 8 heteroatoms. The van der Waals surface area contributed by atoms with Crippen LogP contribution in [0.4, 0.5) is 10.5 Å². The molecule has 0 bridgehead atoms. The lowest BCUT2D eigenvalue weighted by molar-refractivity contribution is -0.122. The molecule has 1 N–H and O–H groups in total. The molecule has 0 saturated carbocycles. The molecule has 0 aromatic heterocycles. The van der Waals surface area contributed by atoms with Gasteiger partial charge in [-0.1, -0.05) is 51.8 Å². The predicted octanol–water partition coefficient (Wildman–Crippen LogP) is 5.40. The van der Waals surface area contributed by atoms with Crippen molar-refractivity contribution in [2.45, 2.75) is 20.5 Å². The van der Waals surface area contributed by atoms with E-state index < -0.39 is 17.8 Å². The molecule has 0 radical (unpaired) electrons. The number of halogens is 1. The Morgan fingerprint density at radius 2 is 1.63 bits per heavy atom. The second kappa shape index (κ2) is 10.6. The van der Waals surface area contributed by atoms with Crippen LogP contribution >= 0.6 is 15.9 Å². The van der Waals surface area contributed by atoms with Crippen molar-refractivity contribution >= 4 is 45.5 Å². The van der Waals surface area contributed by atoms with E-state index in [1.807, 2.05) is 38.1 Å². The van der Waals surface area contributed by atoms with Crippen molar-refractivity contribution in [1.82, 2.24) is 5.32 Å². The van der Waals surface area contributed by atoms with Crippen molar-refractivity contribution in [2.75, 3.05) is 11.5 Å². The van der Waals surface area contributed by atoms with Gasteiger partial charge in [-0.05, 0) is 67.4 Å². The Morgan fingerprint density at radius 1 is 0.914 bits per heavy atom. The molecule has 0 unspecified atom stereocenters. The van der Waals surface area contributed by atoms with Crippen LogP contribution in [0.25, 0.3) is 6.08 Å². The molecular formula is C27H23BrN2O5. The number of anilines is 1. The third kappa shape index (κ3) is 5.60. The van der Waals surface area contributed by atoms with Crippen LogP contribution in [0.5, 0.6) is 11.5 Å². The van der Waals surface area contributed by atoms with Gasteiger partial charge >= 0.3 is 6.03 Å². The number of imide groups is 2. The van der Waals surface area contributed by atoms with Gasteiger partial charge in [0.1, 0.15) is 12.2 Å². The number of ether oxygens (including phenoxy) is 2. The second-order valence-electron chi connectivity index (χ2n) is 7.85. The van der Waals surface area contributed by atoms with E-state index in [1.54, 1.807) is 42.5 Å². The summed E-state index contributed by atoms with van der Waals surface area (Å²) in [5.74, 6) is -0.435. The average Bonchev–Trinajstić information content (AvgIpc) is 2.83. The number of nitrogens with one attached hydrogen (secondary N) is 1. The highest BCUT2D eigenvalue weighted by molar-refractivity contribution is 9.10. The Hall–Kier alpha value is -3.91. The standard InChI is InChI=1S/C27H23BrN2O5/c1-3-34-24-15-19(8-13-23(24)35-16-18-6-9-20(28)10-7-18)14-22-25(31)29-27(33)30(26(22)32)21-11-4-17(2)5-12-21/h4-15H,3,16H2,1-2H3,(H,29,31,33)/b22-14+. The van der Waals surface area contributed by atoms with Gasteiger partial charge in [-0.3, -0.25) is 14.9 Å². The van der Waals surface area contributed by atoms with Crippen LogP contribution in [0.3, 0.4) is 0 Å². The van der Waals surface area contributed by atoms with Crippen LogP contribution in [0.2, 0.25) is 0 Å². The smallest absolute Gasteiger partial charge is 0.335 e. The number of carbonyl (C=O) groups is 3. The Morgan fingerprint density at radius 3 is 2.31 bits per heavy atom. The summed E-state index contributed by atoms with van der Waals surface area (Å²) in [6.45, 7) is 4.51. The van der Waals surface area contributed by atoms with Crippen LogP contribution in [0.15, 0.2) is 76.8 Å². The minimum atomic E-state index is -0.785. The SMILES string of the molecule is CCOc1cc(/C=C2\C(=O)NC(=O)N(c3ccc(C)cc3)C2=O)ccc1OCc1ccc(Br)cc1. The van der Waals surface area contributed by atoms with Crippen molar-refractivity contribution in [1.29, 1.82) is 0 Å². The lowest BCUT2D eigenvalue weighted by Crippen LogP contribution is -2.54. The van der Waals surface area contributed by atoms with Gasteiger partial charge in [0.15, 0.2) is 11.5 Å². The first kappa shape index (κ1) is 24.2. The van der Waals surface area contributed by atoms with Crippen LogP contribution in [0, 0.1) is 6.92 Å². The highest BCUT2D eigenvalue weighted by Gasteiger charge is 2.36. The van der Waals surface area contributed by atoms with Crippen LogP contribution in [-0.4, -0.2) is 24.5 Å². The molecule has 7 nitrogen and oxygen atoms in total. The molecule has 35 heavy (non-hydrogen) atoms. The van der Waals surface area contributed by atoms with Crippen molar-refractivity contribution in [3.8, 4) is 11.5 Å². The summed E-state index contributed by atoms with van der Waals surface area (Å²) >= 11 is 3.41. The van der Waals surface area contributed by atoms with Crippen LogP contribution in [-0.2, 0) is 16.2 Å². The number of nitrogens with zero attached hydrogens (tertiary/aromatic N) is 1. The number of benzene rings is 3. The summed E-state index contributed by atoms with van der Waals surface area (Å²) in [6.07, 6.45) is 1.44. The highest BCUT2D eigenvalue weighted by Crippen LogP contribution is 2.31. The monoisotopic (exact) mass is 534 g/mol. The zero-order valence-electron chi connectivity index (χ0n) is 19.2. The summed E-state index contributed by atoms with van der Waals surface area (Å²) in [5, 5.41) is 2.24. The Labute approximate surface area is 211 Å². The van der Waals surface area contributed by atoms with Gasteiger partial charge < -0.3 is 9.47 Å². The summed E-state index contributed by atoms with van der Waals surface area (Å²) in [5.41, 5.74) is 2.75. The zero-order chi connectivity index (χ0) is 24.9. The number of carbonyl (C=O) groups excluding carboxylic acids is 3. The lowest BCUT2D eigenvalue weighted by Gasteiger charge is -2.26. The van der Waals surface area contributed by atoms with E-state index in [4.69, 9.17) is 9.47 Å². The molecule has 0 spiro atoms. The van der Waals surface area contributed by atoms with Crippen molar-refractivity contribution in [3.63, 3.8) is 0 Å². The number of aryl methyl sites for hydroxylation is 1. The molecule has 178 valence electrons. The van der Waals surface area contributed by atoms with Gasteiger partial charge in [-0.25, -0.2) is 9.69 Å². The highest BCUT2D eigenvalue weighted by atomic mass is 79.9. The van der Waals surface area contributed by atoms with E-state index in [0.717, 1.165) is 20.5 Å². The minimum Gasteiger partial charge on any atom is -0.490 e. The topological polar surface area (TPSA) is 84.9 Å². The zero-order valence-corrected chi connectivity index (χ0v) is 20.8. The maximum absolute atomic E-state index is 13.1. The number of rotatable bonds is 7. The fourth-order valence-electron chi connectivity index (χ4n) is 3.50. The summed E-state index contributed by atoms with van der Waals surface area (Å²) in [7, 11) is 0. The van der Waals surface area contributed by atoms with E-state index in [-0.39, 0.29) is 5.57 Å². The van der Waals surface area contributed by atoms with Gasteiger partial charge in [0.05, 0.1) is 12.3 Å². The molecule has 1 saturated heterocycles. The van der Waals surface area contributed by atoms with Gasteiger partial charge in [0.25, 0.3) is 11.8 Å². The fourth-order valence-corrected chi connectivity index (χ4v) is 3.76. The number of hydrogen-bond donors (Lipinski definition) is 1. The summed E-state index contributed by atoms with van der Waals surface area (Å²) in [4.78, 5) is 39.0. The number of urea groups is 1. The largest absolute Gasteiger partial charge is 0.490 e. The number of hydrogen-bond acceptors (Lipinski definition) is 5. The minimum absolute atomic E-state index is 0.156. The molecule has 3 aromatic carbocycles. The number of amides is 4. The molecule has 1 fully saturated rings. The van der Waals surface area contributed by atoms with Gasteiger partial charge in [-0.2, -0.15) is 0 Å². The van der Waals surface area contributed by atoms with Crippen molar-refractivity contribution in [2.24, 2.45) is 0 Å². The molecule has 1 heterocycles. The molecule has 1 aliphatic rings. The quantitative estimate of drug-likeness (QED) is 0.324. The molecule has 0 aliphatic carbocycles. The molecule has 3 aromatic rings. The fraction of sp³-hybridized carbons (Fsp3) is 0.148. The predicted molar refractivity (Wildman–Crippen MR) is 136 cm³/mol. The third-order valence-electron chi connectivity index (χ3n) is 5.28. The summed E-state index contributed by atoms with van der Waals surface area (Å²) < 4.78 is 12.7. The molecular weight excluding hydrogens is 512 g/mol. The van der Waals surface area contributed by atoms with Crippen LogP contribution < -0.4 is 19.7 Å². The Kier molecular flexibility index (Phi) is 7.31. The van der Waals surface area contributed by atoms with E-state index in [1.165, 1.54) is 6.08 Å². The van der Waals surface area contributed by atoms with Gasteiger partial charge in [0, 0.05) is 4.47 Å². The first-order valence-electron chi connectivity index (χ1n) is 11.0. The van der Waals surface area contributed by atoms with E-state index in [2.05, 4.69) is 21.2 Å². The van der Waals surface area contributed by atoms with Crippen molar-refractivity contribution in [3.05, 3.63) is 93.5 Å². The Balaban J connectivity index is 1.60. The maximum atomic E-state index is 13.1. The average molecular weight is 535 g/mol. The van der Waals surface area contributed by atoms with Gasteiger partial charge in [-0.15, -0.1) is 0 Å². The Bertz CT molecular complexity index is 1300. The van der Waals surface area contributed by atoms with Gasteiger partial charge in [0.2, 0.25) is 0 Å². The molecule has 0 atom stereocenters. The lowest BCUT2D eigenvalue weighted by atomic mass is 10.1. The van der Waals surface area contributed by atoms with Crippen LogP contribution in [0.1, 0.15) is 23.6 Å². The first-order chi connectivity index (χ1) is 16.9. The third-order valence-corrected chi connectivity index (χ3v) is 5.81. The van der Waals surface area contributed by atoms with E-state index in [0.29, 0.717) is 36.0 Å². The summed E-state index contributed by atoms with van der Waals surface area (Å²) in [6, 6.07) is 19.0. The molecule has 4 rings (SSSR count). The maximum Gasteiger partial charge on any atom is 0.335 e. The van der Waals surface area contributed by atoms with Crippen molar-refractivity contribution < 1.29 is 23.9 Å². The van der Waals surface area contributed by atoms with E-state index >= 15 is 0 Å². The molecule has 4 amide bonds. The first-order valence-corrected chi connectivity index (χ1v) is 11.8. The van der Waals surface area contributed by atoms with E-state index in [9.17, 15) is 14.4 Å². The number of barbiturate groups is 1. The molecule has 1 aliphatic heterocycles. The second-order valence-corrected chi connectivity index (χ2v) is 8.76. The normalized spacial score (nSPS) is 14.8.